The van der Waals surface area contributed by atoms with Gasteiger partial charge in [0.25, 0.3) is 17.7 Å². The fraction of sp³-hybridized carbons (Fsp3) is 0.333. The Morgan fingerprint density at radius 2 is 1.06 bits per heavy atom. The van der Waals surface area contributed by atoms with Crippen molar-refractivity contribution in [2.75, 3.05) is 66.2 Å². The van der Waals surface area contributed by atoms with Crippen LogP contribution in [0.3, 0.4) is 0 Å². The van der Waals surface area contributed by atoms with Gasteiger partial charge in [0, 0.05) is 114 Å². The summed E-state index contributed by atoms with van der Waals surface area (Å²) >= 11 is 3.02. The Labute approximate surface area is 572 Å². The van der Waals surface area contributed by atoms with Gasteiger partial charge in [-0.25, -0.2) is 0 Å². The van der Waals surface area contributed by atoms with Gasteiger partial charge in [-0.3, -0.25) is 14.4 Å². The summed E-state index contributed by atoms with van der Waals surface area (Å²) in [6.07, 6.45) is 5.25. The highest BCUT2D eigenvalue weighted by Gasteiger charge is 2.47. The summed E-state index contributed by atoms with van der Waals surface area (Å²) in [5.41, 5.74) is 30.4. The van der Waals surface area contributed by atoms with E-state index in [9.17, 15) is 19.6 Å². The third-order valence-electron chi connectivity index (χ3n) is 20.9. The quantitative estimate of drug-likeness (QED) is 0.109. The predicted molar refractivity (Wildman–Crippen MR) is 376 cm³/mol. The lowest BCUT2D eigenvalue weighted by molar-refractivity contribution is 0.0607. The van der Waals surface area contributed by atoms with Crippen LogP contribution in [0.5, 0.6) is 28.7 Å². The van der Waals surface area contributed by atoms with Crippen LogP contribution in [-0.4, -0.2) is 98.6 Å². The van der Waals surface area contributed by atoms with Gasteiger partial charge < -0.3 is 64.4 Å². The molecule has 10 aromatic rings. The minimum atomic E-state index is -0.0904. The number of hydrogen-bond donors (Lipinski definition) is 3. The first-order chi connectivity index (χ1) is 47.1. The molecule has 10 heterocycles. The van der Waals surface area contributed by atoms with Gasteiger partial charge in [0.05, 0.1) is 35.8 Å². The normalized spacial score (nSPS) is 16.7. The van der Waals surface area contributed by atoms with Gasteiger partial charge in [-0.15, -0.1) is 22.7 Å². The highest BCUT2D eigenvalue weighted by atomic mass is 32.2. The first kappa shape index (κ1) is 64.9. The van der Waals surface area contributed by atoms with E-state index in [1.54, 1.807) is 25.3 Å². The average Bonchev–Trinajstić information content (AvgIpc) is 1.67. The van der Waals surface area contributed by atoms with E-state index in [0.29, 0.717) is 88.7 Å². The summed E-state index contributed by atoms with van der Waals surface area (Å²) in [5.74, 6) is 5.64. The molecule has 97 heavy (non-hydrogen) atoms. The smallest absolute Gasteiger partial charge is 0.289 e. The van der Waals surface area contributed by atoms with E-state index in [1.165, 1.54) is 39.4 Å². The third kappa shape index (κ3) is 12.3. The summed E-state index contributed by atoms with van der Waals surface area (Å²) in [6, 6.07) is 48.2. The monoisotopic (exact) mass is 1340 g/mol. The molecule has 6 aromatic carbocycles. The van der Waals surface area contributed by atoms with Gasteiger partial charge in [-0.05, 0) is 147 Å². The molecule has 17 nitrogen and oxygen atoms in total. The number of aryl methyl sites for hydroxylation is 3. The van der Waals surface area contributed by atoms with Crippen LogP contribution in [0.1, 0.15) is 130 Å². The number of nitrogens with two attached hydrogens (primary N) is 3. The Bertz CT molecular complexity index is 4670. The van der Waals surface area contributed by atoms with E-state index >= 15 is 0 Å². The topological polar surface area (TPSA) is 235 Å². The largest absolute Gasteiger partial charge is 0.497 e. The Balaban J connectivity index is 0.000000125. The van der Waals surface area contributed by atoms with Crippen LogP contribution in [0.15, 0.2) is 148 Å². The lowest BCUT2D eigenvalue weighted by atomic mass is 9.74. The van der Waals surface area contributed by atoms with Crippen molar-refractivity contribution in [3.8, 4) is 45.9 Å². The van der Waals surface area contributed by atoms with E-state index in [-0.39, 0.29) is 40.6 Å². The van der Waals surface area contributed by atoms with Gasteiger partial charge in [-0.2, -0.15) is 5.26 Å². The first-order valence-corrected chi connectivity index (χ1v) is 34.9. The van der Waals surface area contributed by atoms with E-state index < -0.39 is 0 Å². The van der Waals surface area contributed by atoms with Crippen molar-refractivity contribution in [3.63, 3.8) is 0 Å². The zero-order chi connectivity index (χ0) is 67.2. The fourth-order valence-corrected chi connectivity index (χ4v) is 17.6. The molecule has 6 N–H and O–H groups in total. The lowest BCUT2D eigenvalue weighted by Crippen LogP contribution is -2.46. The number of fused-ring (bicyclic) bond motifs is 8. The van der Waals surface area contributed by atoms with Crippen LogP contribution in [0.4, 0.5) is 0 Å². The summed E-state index contributed by atoms with van der Waals surface area (Å²) in [4.78, 5) is 47.2. The number of furan rings is 2. The van der Waals surface area contributed by atoms with Gasteiger partial charge in [0.15, 0.2) is 11.5 Å². The molecule has 3 saturated heterocycles. The van der Waals surface area contributed by atoms with Crippen LogP contribution in [-0.2, 0) is 42.5 Å². The number of benzene rings is 6. The number of nitrogens with zero attached hydrogens (tertiary/aromatic N) is 4. The molecule has 0 saturated carbocycles. The van der Waals surface area contributed by atoms with Gasteiger partial charge in [0.2, 0.25) is 0 Å². The number of piperidine rings is 3. The summed E-state index contributed by atoms with van der Waals surface area (Å²) in [6.45, 7) is 13.9. The molecule has 0 radical (unpaired) electrons. The number of likely N-dealkylation sites (tertiary alicyclic amines) is 3. The van der Waals surface area contributed by atoms with Gasteiger partial charge in [-0.1, -0.05) is 84.9 Å². The summed E-state index contributed by atoms with van der Waals surface area (Å²) in [5, 5.41) is 11.4. The number of methoxy groups -OCH3 is 1. The minimum absolute atomic E-state index is 0.0135. The minimum Gasteiger partial charge on any atom is -0.497 e. The maximum atomic E-state index is 13.5. The summed E-state index contributed by atoms with van der Waals surface area (Å²) in [7, 11) is 1.61. The Hall–Kier alpha value is -9.42. The Morgan fingerprint density at radius 1 is 0.536 bits per heavy atom. The molecule has 6 aliphatic rings. The number of hydrogen-bond acceptors (Lipinski definition) is 16. The standard InChI is InChI=1S/C29H28N2O3.C26H28N2O5.C23H23N3O2S2/c1-19-23-9-8-22(21-5-3-2-4-6-21)16-26(23)34-27(19)28(32)31-13-11-29(12-14-31)18-33-25-10-7-20(17-30)15-24(25)29;1-30-19-3-2-4-20(14-19)31-16-21-6-8-24(33-21)25(29)28-11-9-26(10-12-28)17-32-23-7-5-18(15-27)13-22(23)26;1-13-18(11-25)29-22-19(13)14(2)20(30-22)21(27)26-7-5-23(6-8-26)12-28-17-4-3-15(10-24)9-16(17)23/h2-10,15-16H,11-14,17-18,30H2,1H3;2-8,13-14H,9-12,15-17,27H2,1H3;3-4,9H,5-8,10,12,24H2,1-2H3. The van der Waals surface area contributed by atoms with Crippen LogP contribution in [0.2, 0.25) is 0 Å². The van der Waals surface area contributed by atoms with E-state index in [1.807, 2.05) is 114 Å². The third-order valence-corrected chi connectivity index (χ3v) is 23.5. The highest BCUT2D eigenvalue weighted by Crippen LogP contribution is 2.50. The maximum absolute atomic E-state index is 13.5. The van der Waals surface area contributed by atoms with Crippen molar-refractivity contribution in [1.29, 1.82) is 5.26 Å². The molecule has 498 valence electrons. The van der Waals surface area contributed by atoms with Gasteiger partial charge in [0.1, 0.15) is 57.6 Å². The number of nitriles is 1. The molecular formula is C78H79N7O10S2. The first-order valence-electron chi connectivity index (χ1n) is 33.3. The number of rotatable bonds is 11. The molecule has 19 heteroatoms. The molecule has 3 amide bonds. The van der Waals surface area contributed by atoms with E-state index in [2.05, 4.69) is 48.5 Å². The molecular weight excluding hydrogens is 1260 g/mol. The Morgan fingerprint density at radius 3 is 1.58 bits per heavy atom. The number of thiophene rings is 2. The lowest BCUT2D eigenvalue weighted by Gasteiger charge is -2.38. The van der Waals surface area contributed by atoms with E-state index in [0.717, 1.165) is 149 Å². The van der Waals surface area contributed by atoms with Crippen molar-refractivity contribution < 1.29 is 46.9 Å². The second-order valence-corrected chi connectivity index (χ2v) is 28.7. The molecule has 6 aliphatic heterocycles. The highest BCUT2D eigenvalue weighted by molar-refractivity contribution is 7.39. The van der Waals surface area contributed by atoms with Crippen molar-refractivity contribution in [2.24, 2.45) is 17.2 Å². The predicted octanol–water partition coefficient (Wildman–Crippen LogP) is 13.8. The average molecular weight is 1340 g/mol. The zero-order valence-corrected chi connectivity index (χ0v) is 56.8. The van der Waals surface area contributed by atoms with Crippen molar-refractivity contribution in [1.82, 2.24) is 14.7 Å². The summed E-state index contributed by atoms with van der Waals surface area (Å²) < 4.78 is 42.0. The number of ether oxygens (including phenoxy) is 5. The number of carbonyl (C=O) groups is 3. The molecule has 0 bridgehead atoms. The number of carbonyl (C=O) groups excluding carboxylic acids is 3. The van der Waals surface area contributed by atoms with Crippen molar-refractivity contribution in [3.05, 3.63) is 217 Å². The molecule has 16 rings (SSSR count). The van der Waals surface area contributed by atoms with Crippen LogP contribution >= 0.6 is 22.7 Å². The van der Waals surface area contributed by atoms with E-state index in [4.69, 9.17) is 49.7 Å². The van der Waals surface area contributed by atoms with Crippen molar-refractivity contribution in [2.45, 2.75) is 102 Å². The molecule has 4 aromatic heterocycles. The molecule has 0 aliphatic carbocycles. The second kappa shape index (κ2) is 26.9. The SMILES string of the molecule is COc1cccc(OCc2ccc(C(=O)N3CCC4(CC3)COc3ccc(CN)cc34)o2)c1.Cc1c(C#N)sc2sc(C(=O)N3CCC4(CC3)COc3ccc(CN)cc34)c(C)c12.Cc1c(C(=O)N2CCC3(CC2)COc2ccc(CN)cc23)oc2cc(-c3ccccc3)ccc12. The second-order valence-electron chi connectivity index (χ2n) is 26.4. The van der Waals surface area contributed by atoms with Gasteiger partial charge >= 0.3 is 0 Å². The molecule has 3 spiro atoms. The van der Waals surface area contributed by atoms with Crippen molar-refractivity contribution >= 4 is 60.8 Å². The van der Waals surface area contributed by atoms with Crippen LogP contribution in [0.25, 0.3) is 31.5 Å². The molecule has 0 unspecified atom stereocenters. The molecule has 0 atom stereocenters. The van der Waals surface area contributed by atoms with Crippen LogP contribution < -0.4 is 40.9 Å². The zero-order valence-electron chi connectivity index (χ0n) is 55.1. The fourth-order valence-electron chi connectivity index (χ4n) is 15.0. The Kier molecular flexibility index (Phi) is 18.0. The number of amides is 3. The maximum Gasteiger partial charge on any atom is 0.289 e. The molecule has 3 fully saturated rings. The van der Waals surface area contributed by atoms with Crippen LogP contribution in [0, 0.1) is 32.1 Å².